The fourth-order valence-corrected chi connectivity index (χ4v) is 3.61. The number of nitrogens with two attached hydrogens (primary N) is 1. The molecule has 0 unspecified atom stereocenters. The number of benzene rings is 1. The molecule has 0 bridgehead atoms. The van der Waals surface area contributed by atoms with Crippen LogP contribution in [0.5, 0.6) is 0 Å². The van der Waals surface area contributed by atoms with E-state index in [-0.39, 0.29) is 0 Å². The Morgan fingerprint density at radius 3 is 2.95 bits per heavy atom. The molecular weight excluding hydrogens is 316 g/mol. The van der Waals surface area contributed by atoms with E-state index in [9.17, 15) is 4.79 Å². The van der Waals surface area contributed by atoms with Gasteiger partial charge in [0, 0.05) is 22.4 Å². The predicted octanol–water partition coefficient (Wildman–Crippen LogP) is 3.11. The highest BCUT2D eigenvalue weighted by Crippen LogP contribution is 2.30. The number of hydrogen-bond acceptors (Lipinski definition) is 5. The minimum absolute atomic E-state index is 0.369. The molecule has 0 saturated carbocycles. The van der Waals surface area contributed by atoms with Crippen LogP contribution in [0.2, 0.25) is 5.02 Å². The first-order chi connectivity index (χ1) is 9.58. The van der Waals surface area contributed by atoms with E-state index < -0.39 is 12.0 Å². The predicted molar refractivity (Wildman–Crippen MR) is 84.3 cm³/mol. The van der Waals surface area contributed by atoms with Gasteiger partial charge in [-0.25, -0.2) is 4.98 Å². The summed E-state index contributed by atoms with van der Waals surface area (Å²) in [6.45, 7) is 0. The minimum atomic E-state index is -0.979. The van der Waals surface area contributed by atoms with E-state index in [4.69, 9.17) is 22.4 Å². The molecule has 0 fully saturated rings. The standard InChI is InChI=1S/C13H13ClN2O2S2/c14-10-4-2-1-3-9(10)12-16-8(6-20-12)5-19-7-11(15)13(17)18/h1-4,6,11H,5,7,15H2,(H,17,18)/t11-/m0/s1. The van der Waals surface area contributed by atoms with Gasteiger partial charge in [-0.2, -0.15) is 11.8 Å². The Labute approximate surface area is 130 Å². The molecule has 1 heterocycles. The van der Waals surface area contributed by atoms with Crippen LogP contribution >= 0.6 is 34.7 Å². The first-order valence-corrected chi connectivity index (χ1v) is 8.24. The lowest BCUT2D eigenvalue weighted by Gasteiger charge is -2.04. The summed E-state index contributed by atoms with van der Waals surface area (Å²) in [7, 11) is 0. The van der Waals surface area contributed by atoms with Crippen molar-refractivity contribution >= 4 is 40.7 Å². The summed E-state index contributed by atoms with van der Waals surface area (Å²) in [4.78, 5) is 15.1. The van der Waals surface area contributed by atoms with Crippen LogP contribution in [-0.4, -0.2) is 27.9 Å². The van der Waals surface area contributed by atoms with Gasteiger partial charge >= 0.3 is 5.97 Å². The number of rotatable bonds is 6. The summed E-state index contributed by atoms with van der Waals surface area (Å²) in [6.07, 6.45) is 0. The summed E-state index contributed by atoms with van der Waals surface area (Å²) < 4.78 is 0. The molecule has 3 N–H and O–H groups in total. The fourth-order valence-electron chi connectivity index (χ4n) is 1.49. The Balaban J connectivity index is 1.96. The highest BCUT2D eigenvalue weighted by Gasteiger charge is 2.12. The van der Waals surface area contributed by atoms with Gasteiger partial charge in [0.05, 0.1) is 10.7 Å². The Kier molecular flexibility index (Phi) is 5.42. The van der Waals surface area contributed by atoms with Gasteiger partial charge in [0.25, 0.3) is 0 Å². The molecule has 20 heavy (non-hydrogen) atoms. The second-order valence-electron chi connectivity index (χ2n) is 4.08. The largest absolute Gasteiger partial charge is 0.480 e. The Morgan fingerprint density at radius 2 is 2.25 bits per heavy atom. The molecule has 1 atom stereocenters. The van der Waals surface area contributed by atoms with E-state index >= 15 is 0 Å². The van der Waals surface area contributed by atoms with E-state index in [2.05, 4.69) is 4.98 Å². The van der Waals surface area contributed by atoms with Gasteiger partial charge in [0.15, 0.2) is 0 Å². The van der Waals surface area contributed by atoms with Gasteiger partial charge in [-0.05, 0) is 6.07 Å². The molecule has 0 amide bonds. The molecule has 0 aliphatic carbocycles. The van der Waals surface area contributed by atoms with Crippen molar-refractivity contribution in [2.24, 2.45) is 5.73 Å². The topological polar surface area (TPSA) is 76.2 Å². The van der Waals surface area contributed by atoms with Crippen molar-refractivity contribution in [3.8, 4) is 10.6 Å². The van der Waals surface area contributed by atoms with Crippen LogP contribution in [0.4, 0.5) is 0 Å². The van der Waals surface area contributed by atoms with Crippen molar-refractivity contribution < 1.29 is 9.90 Å². The number of carboxylic acids is 1. The van der Waals surface area contributed by atoms with E-state index in [1.54, 1.807) is 0 Å². The molecule has 2 aromatic rings. The van der Waals surface area contributed by atoms with Crippen molar-refractivity contribution in [3.05, 3.63) is 40.4 Å². The Morgan fingerprint density at radius 1 is 1.50 bits per heavy atom. The highest BCUT2D eigenvalue weighted by molar-refractivity contribution is 7.98. The second-order valence-corrected chi connectivity index (χ2v) is 6.38. The summed E-state index contributed by atoms with van der Waals surface area (Å²) in [5.41, 5.74) is 7.27. The van der Waals surface area contributed by atoms with Crippen LogP contribution in [0.15, 0.2) is 29.6 Å². The molecule has 106 valence electrons. The maximum atomic E-state index is 10.6. The lowest BCUT2D eigenvalue weighted by atomic mass is 10.2. The van der Waals surface area contributed by atoms with E-state index in [0.29, 0.717) is 16.5 Å². The molecule has 0 spiro atoms. The molecule has 0 aliphatic rings. The SMILES string of the molecule is N[C@@H](CSCc1csc(-c2ccccc2Cl)n1)C(=O)O. The van der Waals surface area contributed by atoms with Crippen molar-refractivity contribution in [2.45, 2.75) is 11.8 Å². The van der Waals surface area contributed by atoms with Gasteiger partial charge in [-0.1, -0.05) is 29.8 Å². The number of aliphatic carboxylic acids is 1. The normalized spacial score (nSPS) is 12.3. The maximum absolute atomic E-state index is 10.6. The van der Waals surface area contributed by atoms with Gasteiger partial charge in [-0.3, -0.25) is 4.79 Å². The average Bonchev–Trinajstić information content (AvgIpc) is 2.87. The number of thiazole rings is 1. The van der Waals surface area contributed by atoms with E-state index in [1.807, 2.05) is 29.6 Å². The number of hydrogen-bond donors (Lipinski definition) is 2. The van der Waals surface area contributed by atoms with Crippen molar-refractivity contribution in [1.82, 2.24) is 4.98 Å². The fraction of sp³-hybridized carbons (Fsp3) is 0.231. The summed E-state index contributed by atoms with van der Waals surface area (Å²) in [5.74, 6) is 0.0310. The van der Waals surface area contributed by atoms with Crippen molar-refractivity contribution in [2.75, 3.05) is 5.75 Å². The zero-order chi connectivity index (χ0) is 14.5. The summed E-state index contributed by atoms with van der Waals surface area (Å²) >= 11 is 9.11. The average molecular weight is 329 g/mol. The summed E-state index contributed by atoms with van der Waals surface area (Å²) in [6, 6.07) is 6.73. The number of aromatic nitrogens is 1. The van der Waals surface area contributed by atoms with Gasteiger partial charge in [0.1, 0.15) is 11.0 Å². The molecule has 7 heteroatoms. The number of thioether (sulfide) groups is 1. The molecule has 0 saturated heterocycles. The van der Waals surface area contributed by atoms with Crippen LogP contribution in [0.3, 0.4) is 0 Å². The van der Waals surface area contributed by atoms with E-state index in [0.717, 1.165) is 16.3 Å². The molecule has 2 rings (SSSR count). The summed E-state index contributed by atoms with van der Waals surface area (Å²) in [5, 5.41) is 12.2. The number of carboxylic acid groups (broad SMARTS) is 1. The molecule has 0 aliphatic heterocycles. The first-order valence-electron chi connectivity index (χ1n) is 5.83. The van der Waals surface area contributed by atoms with Crippen molar-refractivity contribution in [1.29, 1.82) is 0 Å². The zero-order valence-electron chi connectivity index (χ0n) is 10.5. The third kappa shape index (κ3) is 3.96. The number of nitrogens with zero attached hydrogens (tertiary/aromatic N) is 1. The zero-order valence-corrected chi connectivity index (χ0v) is 12.8. The Bertz CT molecular complexity index is 604. The van der Waals surface area contributed by atoms with Crippen LogP contribution in [0, 0.1) is 0 Å². The van der Waals surface area contributed by atoms with Crippen LogP contribution < -0.4 is 5.73 Å². The molecule has 1 aromatic carbocycles. The van der Waals surface area contributed by atoms with Crippen LogP contribution in [-0.2, 0) is 10.5 Å². The van der Waals surface area contributed by atoms with Gasteiger partial charge in [0.2, 0.25) is 0 Å². The van der Waals surface area contributed by atoms with E-state index in [1.165, 1.54) is 23.1 Å². The minimum Gasteiger partial charge on any atom is -0.480 e. The Hall–Kier alpha value is -1.08. The highest BCUT2D eigenvalue weighted by atomic mass is 35.5. The smallest absolute Gasteiger partial charge is 0.321 e. The lowest BCUT2D eigenvalue weighted by Crippen LogP contribution is -2.32. The quantitative estimate of drug-likeness (QED) is 0.852. The maximum Gasteiger partial charge on any atom is 0.321 e. The molecule has 0 radical (unpaired) electrons. The van der Waals surface area contributed by atoms with Crippen molar-refractivity contribution in [3.63, 3.8) is 0 Å². The third-order valence-corrected chi connectivity index (χ3v) is 4.87. The van der Waals surface area contributed by atoms with Gasteiger partial charge < -0.3 is 10.8 Å². The van der Waals surface area contributed by atoms with Crippen LogP contribution in [0.25, 0.3) is 10.6 Å². The third-order valence-electron chi connectivity index (χ3n) is 2.52. The molecule has 1 aromatic heterocycles. The number of carbonyl (C=O) groups is 1. The second kappa shape index (κ2) is 7.08. The lowest BCUT2D eigenvalue weighted by molar-refractivity contribution is -0.137. The molecular formula is C13H13ClN2O2S2. The monoisotopic (exact) mass is 328 g/mol. The molecule has 4 nitrogen and oxygen atoms in total. The number of halogens is 1. The van der Waals surface area contributed by atoms with Gasteiger partial charge in [-0.15, -0.1) is 11.3 Å². The van der Waals surface area contributed by atoms with Crippen LogP contribution in [0.1, 0.15) is 5.69 Å². The first kappa shape index (κ1) is 15.3.